The number of carbonyl (C=O) groups excluding carboxylic acids is 3. The number of hydrogen-bond acceptors (Lipinski definition) is 5. The molecule has 8 heteroatoms. The van der Waals surface area contributed by atoms with Gasteiger partial charge in [-0.1, -0.05) is 61.4 Å². The summed E-state index contributed by atoms with van der Waals surface area (Å²) in [5, 5.41) is 15.5. The minimum absolute atomic E-state index is 0.239. The Balaban J connectivity index is 2.57. The van der Waals surface area contributed by atoms with Crippen molar-refractivity contribution in [1.82, 2.24) is 15.5 Å². The number of aliphatic hydroxyl groups is 1. The number of terminal acetylenes is 1. The van der Waals surface area contributed by atoms with E-state index in [9.17, 15) is 19.5 Å². The number of rotatable bonds is 10. The van der Waals surface area contributed by atoms with Gasteiger partial charge in [-0.15, -0.1) is 6.42 Å². The van der Waals surface area contributed by atoms with Crippen LogP contribution in [0, 0.1) is 12.3 Å². The van der Waals surface area contributed by atoms with Gasteiger partial charge in [0.1, 0.15) is 17.7 Å². The molecule has 0 aliphatic carbocycles. The third-order valence-corrected chi connectivity index (χ3v) is 6.15. The van der Waals surface area contributed by atoms with Crippen molar-refractivity contribution in [2.45, 2.75) is 77.7 Å². The third-order valence-electron chi connectivity index (χ3n) is 6.15. The van der Waals surface area contributed by atoms with Crippen molar-refractivity contribution >= 4 is 17.9 Å². The van der Waals surface area contributed by atoms with Crippen molar-refractivity contribution in [3.8, 4) is 12.3 Å². The number of benzene rings is 2. The molecule has 0 radical (unpaired) electrons. The molecule has 0 spiro atoms. The summed E-state index contributed by atoms with van der Waals surface area (Å²) in [5.41, 5.74) is 0.136. The van der Waals surface area contributed by atoms with Gasteiger partial charge in [0, 0.05) is 17.6 Å². The van der Waals surface area contributed by atoms with Crippen molar-refractivity contribution in [2.24, 2.45) is 0 Å². The van der Waals surface area contributed by atoms with E-state index in [1.54, 1.807) is 45.0 Å². The highest BCUT2D eigenvalue weighted by Gasteiger charge is 2.43. The van der Waals surface area contributed by atoms with Crippen molar-refractivity contribution < 1.29 is 24.2 Å². The molecule has 2 unspecified atom stereocenters. The lowest BCUT2D eigenvalue weighted by Gasteiger charge is -2.44. The highest BCUT2D eigenvalue weighted by atomic mass is 16.6. The molecule has 38 heavy (non-hydrogen) atoms. The van der Waals surface area contributed by atoms with Gasteiger partial charge in [0.15, 0.2) is 0 Å². The molecule has 0 aromatic heterocycles. The largest absolute Gasteiger partial charge is 0.444 e. The van der Waals surface area contributed by atoms with Crippen LogP contribution < -0.4 is 10.6 Å². The highest BCUT2D eigenvalue weighted by Crippen LogP contribution is 2.33. The average molecular weight is 522 g/mol. The maximum atomic E-state index is 14.0. The maximum Gasteiger partial charge on any atom is 0.408 e. The number of nitrogens with zero attached hydrogens (tertiary/aromatic N) is 1. The number of aliphatic hydroxyl groups excluding tert-OH is 1. The molecule has 3 amide bonds. The molecule has 0 bridgehead atoms. The molecule has 2 aromatic rings. The van der Waals surface area contributed by atoms with Crippen molar-refractivity contribution in [3.63, 3.8) is 0 Å². The van der Waals surface area contributed by atoms with Crippen LogP contribution in [0.1, 0.15) is 70.7 Å². The zero-order valence-electron chi connectivity index (χ0n) is 23.1. The molecule has 0 aliphatic rings. The van der Waals surface area contributed by atoms with Crippen LogP contribution >= 0.6 is 0 Å². The van der Waals surface area contributed by atoms with Gasteiger partial charge in [-0.3, -0.25) is 9.59 Å². The summed E-state index contributed by atoms with van der Waals surface area (Å²) in [6.45, 7) is 10.2. The second kappa shape index (κ2) is 13.1. The molecule has 2 aromatic carbocycles. The molecular weight excluding hydrogens is 482 g/mol. The van der Waals surface area contributed by atoms with Gasteiger partial charge in [-0.25, -0.2) is 4.79 Å². The lowest BCUT2D eigenvalue weighted by atomic mass is 9.90. The zero-order chi connectivity index (χ0) is 28.5. The molecule has 0 fully saturated rings. The van der Waals surface area contributed by atoms with E-state index in [1.807, 2.05) is 51.1 Å². The Bertz CT molecular complexity index is 1150. The van der Waals surface area contributed by atoms with Gasteiger partial charge in [0.25, 0.3) is 0 Å². The summed E-state index contributed by atoms with van der Waals surface area (Å²) < 4.78 is 5.29. The lowest BCUT2D eigenvalue weighted by Crippen LogP contribution is -2.60. The van der Waals surface area contributed by atoms with Crippen LogP contribution in [0.2, 0.25) is 0 Å². The monoisotopic (exact) mass is 521 g/mol. The first-order chi connectivity index (χ1) is 17.8. The molecule has 8 nitrogen and oxygen atoms in total. The predicted octanol–water partition coefficient (Wildman–Crippen LogP) is 3.93. The van der Waals surface area contributed by atoms with E-state index in [1.165, 1.54) is 4.90 Å². The molecule has 0 aliphatic heterocycles. The Morgan fingerprint density at radius 1 is 1.03 bits per heavy atom. The fourth-order valence-electron chi connectivity index (χ4n) is 3.89. The first-order valence-corrected chi connectivity index (χ1v) is 12.6. The number of nitrogens with one attached hydrogen (secondary N) is 2. The second-order valence-corrected chi connectivity index (χ2v) is 10.6. The van der Waals surface area contributed by atoms with Crippen LogP contribution in [0.3, 0.4) is 0 Å². The molecule has 2 rings (SSSR count). The van der Waals surface area contributed by atoms with Gasteiger partial charge < -0.3 is 25.4 Å². The molecule has 2 atom stereocenters. The van der Waals surface area contributed by atoms with E-state index >= 15 is 0 Å². The van der Waals surface area contributed by atoms with E-state index in [2.05, 4.69) is 16.6 Å². The van der Waals surface area contributed by atoms with Crippen molar-refractivity contribution in [3.05, 3.63) is 71.3 Å². The standard InChI is InChI=1S/C30H39N3O5/c1-8-22-17-13-14-18-23(22)25(26(35)31-19-21-15-11-10-12-16-21)33(30(6,7)9-2)27(36)24(20-34)32-28(37)38-29(3,4)5/h1,10-18,24-25,34H,9,19-20H2,2-7H3,(H,31,35)(H,32,37). The Labute approximate surface area is 225 Å². The first-order valence-electron chi connectivity index (χ1n) is 12.6. The van der Waals surface area contributed by atoms with Crippen molar-refractivity contribution in [2.75, 3.05) is 6.61 Å². The van der Waals surface area contributed by atoms with Gasteiger partial charge in [-0.2, -0.15) is 0 Å². The van der Waals surface area contributed by atoms with Crippen LogP contribution in [0.25, 0.3) is 0 Å². The van der Waals surface area contributed by atoms with Gasteiger partial charge in [0.05, 0.1) is 6.61 Å². The van der Waals surface area contributed by atoms with Crippen LogP contribution in [0.15, 0.2) is 54.6 Å². The first kappa shape index (κ1) is 30.4. The number of hydrogen-bond donors (Lipinski definition) is 3. The highest BCUT2D eigenvalue weighted by molar-refractivity contribution is 5.93. The second-order valence-electron chi connectivity index (χ2n) is 10.6. The quantitative estimate of drug-likeness (QED) is 0.411. The zero-order valence-corrected chi connectivity index (χ0v) is 23.1. The fraction of sp³-hybridized carbons (Fsp3) is 0.433. The average Bonchev–Trinajstić information content (AvgIpc) is 2.88. The molecule has 0 saturated carbocycles. The topological polar surface area (TPSA) is 108 Å². The summed E-state index contributed by atoms with van der Waals surface area (Å²) in [7, 11) is 0. The van der Waals surface area contributed by atoms with E-state index in [0.717, 1.165) is 5.56 Å². The number of carbonyl (C=O) groups is 3. The number of alkyl carbamates (subject to hydrolysis) is 1. The summed E-state index contributed by atoms with van der Waals surface area (Å²) >= 11 is 0. The van der Waals surface area contributed by atoms with Gasteiger partial charge in [0.2, 0.25) is 11.8 Å². The number of ether oxygens (including phenoxy) is 1. The van der Waals surface area contributed by atoms with E-state index in [4.69, 9.17) is 11.2 Å². The summed E-state index contributed by atoms with van der Waals surface area (Å²) in [5.74, 6) is 1.53. The van der Waals surface area contributed by atoms with Crippen LogP contribution in [-0.2, 0) is 20.9 Å². The summed E-state index contributed by atoms with van der Waals surface area (Å²) in [6, 6.07) is 13.8. The van der Waals surface area contributed by atoms with E-state index in [-0.39, 0.29) is 6.54 Å². The molecule has 0 heterocycles. The van der Waals surface area contributed by atoms with E-state index < -0.39 is 47.7 Å². The molecule has 0 saturated heterocycles. The Morgan fingerprint density at radius 2 is 1.63 bits per heavy atom. The third kappa shape index (κ3) is 8.09. The fourth-order valence-corrected chi connectivity index (χ4v) is 3.89. The Kier molecular flexibility index (Phi) is 10.5. The van der Waals surface area contributed by atoms with Crippen molar-refractivity contribution in [1.29, 1.82) is 0 Å². The minimum Gasteiger partial charge on any atom is -0.444 e. The molecular formula is C30H39N3O5. The Morgan fingerprint density at radius 3 is 2.18 bits per heavy atom. The summed E-state index contributed by atoms with van der Waals surface area (Å²) in [6.07, 6.45) is 5.41. The predicted molar refractivity (Wildman–Crippen MR) is 147 cm³/mol. The van der Waals surface area contributed by atoms with Gasteiger partial charge in [-0.05, 0) is 58.2 Å². The minimum atomic E-state index is -1.35. The van der Waals surface area contributed by atoms with E-state index in [0.29, 0.717) is 17.5 Å². The maximum absolute atomic E-state index is 14.0. The van der Waals surface area contributed by atoms with Crippen LogP contribution in [0.4, 0.5) is 4.79 Å². The van der Waals surface area contributed by atoms with Crippen LogP contribution in [0.5, 0.6) is 0 Å². The number of amides is 3. The normalized spacial score (nSPS) is 13.0. The molecule has 3 N–H and O–H groups in total. The SMILES string of the molecule is C#Cc1ccccc1C(C(=O)NCc1ccccc1)N(C(=O)C(CO)NC(=O)OC(C)(C)C)C(C)(C)CC. The molecule has 204 valence electrons. The van der Waals surface area contributed by atoms with Crippen LogP contribution in [-0.4, -0.2) is 51.7 Å². The smallest absolute Gasteiger partial charge is 0.408 e. The summed E-state index contributed by atoms with van der Waals surface area (Å²) in [4.78, 5) is 41.8. The Hall–Kier alpha value is -3.83. The van der Waals surface area contributed by atoms with Gasteiger partial charge >= 0.3 is 6.09 Å². The lowest BCUT2D eigenvalue weighted by molar-refractivity contribution is -0.150.